The third-order valence-electron chi connectivity index (χ3n) is 3.05. The smallest absolute Gasteiger partial charge is 0.240 e. The summed E-state index contributed by atoms with van der Waals surface area (Å²) in [5, 5.41) is 2.63. The standard InChI is InChI=1S/C15H22BrN3O2/c1-9(2)6-13(14(18)20)19-15(21)12(17)8-10-4-3-5-11(16)7-10/h3-5,7,9,12-13H,6,8,17H2,1-2H3,(H2,18,20)(H,19,21)/t12-,13-/m0/s1. The molecule has 0 heterocycles. The molecule has 0 unspecified atom stereocenters. The van der Waals surface area contributed by atoms with Crippen molar-refractivity contribution in [2.45, 2.75) is 38.8 Å². The number of hydrogen-bond acceptors (Lipinski definition) is 3. The van der Waals surface area contributed by atoms with Gasteiger partial charge < -0.3 is 16.8 Å². The number of amides is 2. The second kappa shape index (κ2) is 8.14. The van der Waals surface area contributed by atoms with Crippen LogP contribution in [-0.2, 0) is 16.0 Å². The summed E-state index contributed by atoms with van der Waals surface area (Å²) in [7, 11) is 0. The molecule has 0 aromatic heterocycles. The summed E-state index contributed by atoms with van der Waals surface area (Å²) >= 11 is 3.37. The van der Waals surface area contributed by atoms with Gasteiger partial charge in [0.15, 0.2) is 0 Å². The van der Waals surface area contributed by atoms with Gasteiger partial charge in [-0.3, -0.25) is 9.59 Å². The topological polar surface area (TPSA) is 98.2 Å². The number of carbonyl (C=O) groups excluding carboxylic acids is 2. The molecule has 1 rings (SSSR count). The number of hydrogen-bond donors (Lipinski definition) is 3. The lowest BCUT2D eigenvalue weighted by molar-refractivity contribution is -0.128. The minimum Gasteiger partial charge on any atom is -0.368 e. The Morgan fingerprint density at radius 2 is 2.00 bits per heavy atom. The first kappa shape index (κ1) is 17.7. The Morgan fingerprint density at radius 3 is 2.52 bits per heavy atom. The molecule has 2 atom stereocenters. The molecule has 0 aliphatic carbocycles. The maximum atomic E-state index is 12.1. The summed E-state index contributed by atoms with van der Waals surface area (Å²) in [4.78, 5) is 23.4. The van der Waals surface area contributed by atoms with E-state index in [1.54, 1.807) is 0 Å². The normalized spacial score (nSPS) is 13.8. The highest BCUT2D eigenvalue weighted by Gasteiger charge is 2.22. The molecular weight excluding hydrogens is 334 g/mol. The van der Waals surface area contributed by atoms with Crippen LogP contribution in [-0.4, -0.2) is 23.9 Å². The Labute approximate surface area is 133 Å². The Balaban J connectivity index is 2.62. The van der Waals surface area contributed by atoms with Gasteiger partial charge in [-0.15, -0.1) is 0 Å². The summed E-state index contributed by atoms with van der Waals surface area (Å²) in [6.45, 7) is 3.92. The van der Waals surface area contributed by atoms with Crippen LogP contribution in [0.5, 0.6) is 0 Å². The van der Waals surface area contributed by atoms with E-state index >= 15 is 0 Å². The molecule has 0 fully saturated rings. The number of nitrogens with one attached hydrogen (secondary N) is 1. The van der Waals surface area contributed by atoms with Crippen LogP contribution in [0.15, 0.2) is 28.7 Å². The van der Waals surface area contributed by atoms with Crippen molar-refractivity contribution in [3.63, 3.8) is 0 Å². The Kier molecular flexibility index (Phi) is 6.84. The monoisotopic (exact) mass is 355 g/mol. The Hall–Kier alpha value is -1.40. The second-order valence-electron chi connectivity index (χ2n) is 5.53. The number of rotatable bonds is 7. The van der Waals surface area contributed by atoms with E-state index in [4.69, 9.17) is 11.5 Å². The zero-order valence-electron chi connectivity index (χ0n) is 12.3. The zero-order chi connectivity index (χ0) is 16.0. The first-order valence-electron chi connectivity index (χ1n) is 6.89. The maximum absolute atomic E-state index is 12.1. The maximum Gasteiger partial charge on any atom is 0.240 e. The molecule has 116 valence electrons. The van der Waals surface area contributed by atoms with Gasteiger partial charge >= 0.3 is 0 Å². The van der Waals surface area contributed by atoms with E-state index < -0.39 is 18.0 Å². The fraction of sp³-hybridized carbons (Fsp3) is 0.467. The van der Waals surface area contributed by atoms with Crippen LogP contribution in [0.25, 0.3) is 0 Å². The van der Waals surface area contributed by atoms with Crippen LogP contribution in [0.4, 0.5) is 0 Å². The van der Waals surface area contributed by atoms with Crippen LogP contribution in [0.2, 0.25) is 0 Å². The van der Waals surface area contributed by atoms with E-state index in [0.717, 1.165) is 10.0 Å². The van der Waals surface area contributed by atoms with Crippen molar-refractivity contribution < 1.29 is 9.59 Å². The van der Waals surface area contributed by atoms with Crippen molar-refractivity contribution in [2.24, 2.45) is 17.4 Å². The first-order valence-corrected chi connectivity index (χ1v) is 7.68. The van der Waals surface area contributed by atoms with Crippen molar-refractivity contribution in [2.75, 3.05) is 0 Å². The molecular formula is C15H22BrN3O2. The van der Waals surface area contributed by atoms with E-state index in [9.17, 15) is 9.59 Å². The fourth-order valence-corrected chi connectivity index (χ4v) is 2.45. The lowest BCUT2D eigenvalue weighted by Crippen LogP contribution is -2.51. The van der Waals surface area contributed by atoms with Crippen molar-refractivity contribution in [3.8, 4) is 0 Å². The molecule has 2 amide bonds. The summed E-state index contributed by atoms with van der Waals surface area (Å²) in [5.41, 5.74) is 12.2. The average molecular weight is 356 g/mol. The van der Waals surface area contributed by atoms with Crippen LogP contribution < -0.4 is 16.8 Å². The summed E-state index contributed by atoms with van der Waals surface area (Å²) in [6, 6.07) is 6.21. The number of nitrogens with two attached hydrogens (primary N) is 2. The van der Waals surface area contributed by atoms with Gasteiger partial charge in [0, 0.05) is 4.47 Å². The van der Waals surface area contributed by atoms with E-state index in [2.05, 4.69) is 21.2 Å². The number of carbonyl (C=O) groups is 2. The number of primary amides is 1. The molecule has 0 spiro atoms. The minimum absolute atomic E-state index is 0.254. The molecule has 0 aliphatic heterocycles. The Bertz CT molecular complexity index is 505. The Morgan fingerprint density at radius 1 is 1.33 bits per heavy atom. The first-order chi connectivity index (χ1) is 9.79. The van der Waals surface area contributed by atoms with Gasteiger partial charge in [-0.05, 0) is 36.5 Å². The SMILES string of the molecule is CC(C)C[C@H](NC(=O)[C@@H](N)Cc1cccc(Br)c1)C(N)=O. The molecule has 6 heteroatoms. The fourth-order valence-electron chi connectivity index (χ4n) is 2.01. The van der Waals surface area contributed by atoms with E-state index in [0.29, 0.717) is 12.8 Å². The quantitative estimate of drug-likeness (QED) is 0.688. The van der Waals surface area contributed by atoms with E-state index in [-0.39, 0.29) is 11.8 Å². The van der Waals surface area contributed by atoms with Gasteiger partial charge in [-0.1, -0.05) is 41.9 Å². The van der Waals surface area contributed by atoms with Crippen molar-refractivity contribution >= 4 is 27.7 Å². The highest BCUT2D eigenvalue weighted by Crippen LogP contribution is 2.13. The van der Waals surface area contributed by atoms with Crippen molar-refractivity contribution in [1.82, 2.24) is 5.32 Å². The largest absolute Gasteiger partial charge is 0.368 e. The van der Waals surface area contributed by atoms with Gasteiger partial charge in [0.1, 0.15) is 6.04 Å². The highest BCUT2D eigenvalue weighted by atomic mass is 79.9. The summed E-state index contributed by atoms with van der Waals surface area (Å²) in [6.07, 6.45) is 0.906. The van der Waals surface area contributed by atoms with Gasteiger partial charge in [-0.25, -0.2) is 0 Å². The number of halogens is 1. The van der Waals surface area contributed by atoms with Gasteiger partial charge in [-0.2, -0.15) is 0 Å². The molecule has 5 nitrogen and oxygen atoms in total. The lowest BCUT2D eigenvalue weighted by Gasteiger charge is -2.20. The van der Waals surface area contributed by atoms with E-state index in [1.807, 2.05) is 38.1 Å². The van der Waals surface area contributed by atoms with Crippen LogP contribution in [0, 0.1) is 5.92 Å². The molecule has 0 radical (unpaired) electrons. The predicted molar refractivity (Wildman–Crippen MR) is 86.4 cm³/mol. The van der Waals surface area contributed by atoms with Gasteiger partial charge in [0.05, 0.1) is 6.04 Å². The average Bonchev–Trinajstić information content (AvgIpc) is 2.37. The third-order valence-corrected chi connectivity index (χ3v) is 3.54. The predicted octanol–water partition coefficient (Wildman–Crippen LogP) is 1.34. The summed E-state index contributed by atoms with van der Waals surface area (Å²) in [5.74, 6) is -0.643. The van der Waals surface area contributed by atoms with Crippen LogP contribution in [0.1, 0.15) is 25.8 Å². The molecule has 0 saturated heterocycles. The van der Waals surface area contributed by atoms with Crippen molar-refractivity contribution in [1.29, 1.82) is 0 Å². The molecule has 5 N–H and O–H groups in total. The van der Waals surface area contributed by atoms with Gasteiger partial charge in [0.2, 0.25) is 11.8 Å². The summed E-state index contributed by atoms with van der Waals surface area (Å²) < 4.78 is 0.933. The minimum atomic E-state index is -0.715. The van der Waals surface area contributed by atoms with E-state index in [1.165, 1.54) is 0 Å². The van der Waals surface area contributed by atoms with Crippen molar-refractivity contribution in [3.05, 3.63) is 34.3 Å². The molecule has 1 aromatic carbocycles. The molecule has 0 aliphatic rings. The van der Waals surface area contributed by atoms with Crippen LogP contribution in [0.3, 0.4) is 0 Å². The van der Waals surface area contributed by atoms with Gasteiger partial charge in [0.25, 0.3) is 0 Å². The molecule has 0 bridgehead atoms. The molecule has 1 aromatic rings. The second-order valence-corrected chi connectivity index (χ2v) is 6.45. The lowest BCUT2D eigenvalue weighted by atomic mass is 10.0. The third kappa shape index (κ3) is 6.27. The molecule has 21 heavy (non-hydrogen) atoms. The van der Waals surface area contributed by atoms with Crippen LogP contribution >= 0.6 is 15.9 Å². The number of benzene rings is 1. The zero-order valence-corrected chi connectivity index (χ0v) is 13.9. The molecule has 0 saturated carbocycles. The highest BCUT2D eigenvalue weighted by molar-refractivity contribution is 9.10.